The number of hydrogen-bond acceptors (Lipinski definition) is 3. The molecule has 1 aromatic rings. The standard InChI is InChI=1S/C15H21NO2/c1-2-3-11-18-15(17)12-16-10-6-8-13-7-4-5-9-14(13)16/h4-5,7,9H,2-3,6,8,10-12H2,1H3. The van der Waals surface area contributed by atoms with Crippen molar-refractivity contribution >= 4 is 11.7 Å². The van der Waals surface area contributed by atoms with E-state index in [1.54, 1.807) is 0 Å². The second-order valence-electron chi connectivity index (χ2n) is 4.73. The molecular weight excluding hydrogens is 226 g/mol. The van der Waals surface area contributed by atoms with Crippen molar-refractivity contribution in [3.05, 3.63) is 29.8 Å². The molecule has 3 heteroatoms. The van der Waals surface area contributed by atoms with Crippen LogP contribution in [-0.4, -0.2) is 25.7 Å². The molecule has 0 aromatic heterocycles. The van der Waals surface area contributed by atoms with Crippen LogP contribution in [0.5, 0.6) is 0 Å². The fraction of sp³-hybridized carbons (Fsp3) is 0.533. The van der Waals surface area contributed by atoms with E-state index >= 15 is 0 Å². The number of fused-ring (bicyclic) bond motifs is 1. The van der Waals surface area contributed by atoms with Gasteiger partial charge in [-0.1, -0.05) is 31.5 Å². The van der Waals surface area contributed by atoms with Crippen LogP contribution < -0.4 is 4.90 Å². The molecule has 0 radical (unpaired) electrons. The first kappa shape index (κ1) is 12.9. The van der Waals surface area contributed by atoms with Crippen molar-refractivity contribution < 1.29 is 9.53 Å². The molecule has 3 nitrogen and oxygen atoms in total. The summed E-state index contributed by atoms with van der Waals surface area (Å²) in [5.74, 6) is -0.111. The zero-order valence-electron chi connectivity index (χ0n) is 11.0. The molecule has 0 spiro atoms. The molecule has 0 fully saturated rings. The summed E-state index contributed by atoms with van der Waals surface area (Å²) in [7, 11) is 0. The summed E-state index contributed by atoms with van der Waals surface area (Å²) in [4.78, 5) is 13.9. The number of anilines is 1. The summed E-state index contributed by atoms with van der Waals surface area (Å²) in [5.41, 5.74) is 2.53. The molecule has 0 atom stereocenters. The van der Waals surface area contributed by atoms with E-state index in [2.05, 4.69) is 30.0 Å². The van der Waals surface area contributed by atoms with E-state index in [4.69, 9.17) is 4.74 Å². The van der Waals surface area contributed by atoms with E-state index in [9.17, 15) is 4.79 Å². The number of nitrogens with zero attached hydrogens (tertiary/aromatic N) is 1. The van der Waals surface area contributed by atoms with Crippen LogP contribution >= 0.6 is 0 Å². The average Bonchev–Trinajstić information content (AvgIpc) is 2.39. The fourth-order valence-corrected chi connectivity index (χ4v) is 2.31. The van der Waals surface area contributed by atoms with Gasteiger partial charge in [0.2, 0.25) is 0 Å². The molecule has 0 saturated heterocycles. The Hall–Kier alpha value is -1.51. The van der Waals surface area contributed by atoms with Crippen molar-refractivity contribution in [3.63, 3.8) is 0 Å². The highest BCUT2D eigenvalue weighted by atomic mass is 16.5. The lowest BCUT2D eigenvalue weighted by Gasteiger charge is -2.30. The summed E-state index contributed by atoms with van der Waals surface area (Å²) >= 11 is 0. The molecule has 0 amide bonds. The summed E-state index contributed by atoms with van der Waals surface area (Å²) in [6, 6.07) is 8.32. The van der Waals surface area contributed by atoms with Gasteiger partial charge in [0.25, 0.3) is 0 Å². The van der Waals surface area contributed by atoms with Crippen LogP contribution in [0.1, 0.15) is 31.7 Å². The number of rotatable bonds is 5. The van der Waals surface area contributed by atoms with Gasteiger partial charge < -0.3 is 9.64 Å². The summed E-state index contributed by atoms with van der Waals surface area (Å²) in [6.07, 6.45) is 4.22. The number of hydrogen-bond donors (Lipinski definition) is 0. The number of unbranched alkanes of at least 4 members (excludes halogenated alkanes) is 1. The Kier molecular flexibility index (Phi) is 4.62. The topological polar surface area (TPSA) is 29.5 Å². The number of carbonyl (C=O) groups is 1. The molecule has 1 heterocycles. The second kappa shape index (κ2) is 6.43. The second-order valence-corrected chi connectivity index (χ2v) is 4.73. The minimum Gasteiger partial charge on any atom is -0.464 e. The van der Waals surface area contributed by atoms with Crippen LogP contribution in [0, 0.1) is 0 Å². The Labute approximate surface area is 109 Å². The van der Waals surface area contributed by atoms with Gasteiger partial charge in [-0.3, -0.25) is 4.79 Å². The highest BCUT2D eigenvalue weighted by molar-refractivity contribution is 5.76. The van der Waals surface area contributed by atoms with Gasteiger partial charge in [0, 0.05) is 12.2 Å². The predicted molar refractivity (Wildman–Crippen MR) is 72.8 cm³/mol. The van der Waals surface area contributed by atoms with Crippen molar-refractivity contribution in [1.29, 1.82) is 0 Å². The van der Waals surface area contributed by atoms with Crippen LogP contribution in [0.3, 0.4) is 0 Å². The molecule has 0 N–H and O–H groups in total. The van der Waals surface area contributed by atoms with E-state index < -0.39 is 0 Å². The lowest BCUT2D eigenvalue weighted by molar-refractivity contribution is -0.142. The molecule has 2 rings (SSSR count). The number of para-hydroxylation sites is 1. The highest BCUT2D eigenvalue weighted by Gasteiger charge is 2.18. The largest absolute Gasteiger partial charge is 0.464 e. The molecule has 1 aliphatic heterocycles. The van der Waals surface area contributed by atoms with Gasteiger partial charge in [0.1, 0.15) is 6.54 Å². The molecule has 0 saturated carbocycles. The van der Waals surface area contributed by atoms with Crippen molar-refractivity contribution in [1.82, 2.24) is 0 Å². The molecule has 18 heavy (non-hydrogen) atoms. The van der Waals surface area contributed by atoms with Gasteiger partial charge in [0.05, 0.1) is 6.61 Å². The smallest absolute Gasteiger partial charge is 0.325 e. The maximum Gasteiger partial charge on any atom is 0.325 e. The Morgan fingerprint density at radius 2 is 2.22 bits per heavy atom. The van der Waals surface area contributed by atoms with Gasteiger partial charge in [-0.2, -0.15) is 0 Å². The van der Waals surface area contributed by atoms with Gasteiger partial charge in [-0.05, 0) is 30.9 Å². The van der Waals surface area contributed by atoms with Gasteiger partial charge >= 0.3 is 5.97 Å². The highest BCUT2D eigenvalue weighted by Crippen LogP contribution is 2.26. The Morgan fingerprint density at radius 1 is 1.39 bits per heavy atom. The molecule has 1 aliphatic rings. The zero-order chi connectivity index (χ0) is 12.8. The number of esters is 1. The van der Waals surface area contributed by atoms with Crippen molar-refractivity contribution in [2.45, 2.75) is 32.6 Å². The number of carbonyl (C=O) groups excluding carboxylic acids is 1. The molecular formula is C15H21NO2. The van der Waals surface area contributed by atoms with Crippen LogP contribution in [-0.2, 0) is 16.0 Å². The molecule has 0 aliphatic carbocycles. The first-order valence-electron chi connectivity index (χ1n) is 6.79. The van der Waals surface area contributed by atoms with E-state index in [-0.39, 0.29) is 5.97 Å². The maximum absolute atomic E-state index is 11.7. The fourth-order valence-electron chi connectivity index (χ4n) is 2.31. The Morgan fingerprint density at radius 3 is 3.06 bits per heavy atom. The molecule has 0 unspecified atom stereocenters. The third-order valence-corrected chi connectivity index (χ3v) is 3.29. The first-order chi connectivity index (χ1) is 8.81. The number of benzene rings is 1. The third-order valence-electron chi connectivity index (χ3n) is 3.29. The number of aryl methyl sites for hydroxylation is 1. The Balaban J connectivity index is 1.92. The summed E-state index contributed by atoms with van der Waals surface area (Å²) < 4.78 is 5.22. The van der Waals surface area contributed by atoms with Gasteiger partial charge in [-0.15, -0.1) is 0 Å². The Bertz CT molecular complexity index is 403. The van der Waals surface area contributed by atoms with Crippen LogP contribution in [0.4, 0.5) is 5.69 Å². The van der Waals surface area contributed by atoms with Crippen LogP contribution in [0.2, 0.25) is 0 Å². The van der Waals surface area contributed by atoms with Crippen molar-refractivity contribution in [2.75, 3.05) is 24.6 Å². The number of ether oxygens (including phenoxy) is 1. The molecule has 0 bridgehead atoms. The van der Waals surface area contributed by atoms with Crippen LogP contribution in [0.25, 0.3) is 0 Å². The van der Waals surface area contributed by atoms with E-state index in [0.717, 1.165) is 32.2 Å². The lowest BCUT2D eigenvalue weighted by Crippen LogP contribution is -2.35. The van der Waals surface area contributed by atoms with E-state index in [1.807, 2.05) is 6.07 Å². The average molecular weight is 247 g/mol. The van der Waals surface area contributed by atoms with E-state index in [1.165, 1.54) is 11.3 Å². The lowest BCUT2D eigenvalue weighted by atomic mass is 10.0. The van der Waals surface area contributed by atoms with E-state index in [0.29, 0.717) is 13.2 Å². The quantitative estimate of drug-likeness (QED) is 0.592. The minimum absolute atomic E-state index is 0.111. The summed E-state index contributed by atoms with van der Waals surface area (Å²) in [5, 5.41) is 0. The predicted octanol–water partition coefficient (Wildman–Crippen LogP) is 2.78. The first-order valence-corrected chi connectivity index (χ1v) is 6.79. The monoisotopic (exact) mass is 247 g/mol. The van der Waals surface area contributed by atoms with Crippen LogP contribution in [0.15, 0.2) is 24.3 Å². The maximum atomic E-state index is 11.7. The zero-order valence-corrected chi connectivity index (χ0v) is 11.0. The molecule has 1 aromatic carbocycles. The normalized spacial score (nSPS) is 14.2. The van der Waals surface area contributed by atoms with Gasteiger partial charge in [0.15, 0.2) is 0 Å². The minimum atomic E-state index is -0.111. The van der Waals surface area contributed by atoms with Crippen molar-refractivity contribution in [3.8, 4) is 0 Å². The third kappa shape index (κ3) is 3.25. The molecule has 98 valence electrons. The van der Waals surface area contributed by atoms with Crippen molar-refractivity contribution in [2.24, 2.45) is 0 Å². The summed E-state index contributed by atoms with van der Waals surface area (Å²) in [6.45, 7) is 3.96. The van der Waals surface area contributed by atoms with Gasteiger partial charge in [-0.25, -0.2) is 0 Å². The SMILES string of the molecule is CCCCOC(=O)CN1CCCc2ccccc21.